The second-order valence-electron chi connectivity index (χ2n) is 4.14. The van der Waals surface area contributed by atoms with E-state index in [4.69, 9.17) is 16.3 Å². The van der Waals surface area contributed by atoms with E-state index in [1.54, 1.807) is 0 Å². The van der Waals surface area contributed by atoms with Gasteiger partial charge in [-0.25, -0.2) is 0 Å². The summed E-state index contributed by atoms with van der Waals surface area (Å²) in [5.74, 6) is 0.716. The first kappa shape index (κ1) is 13.7. The smallest absolute Gasteiger partial charge is 0.138 e. The van der Waals surface area contributed by atoms with Crippen LogP contribution in [-0.4, -0.2) is 16.4 Å². The minimum Gasteiger partial charge on any atom is -0.492 e. The van der Waals surface area contributed by atoms with Gasteiger partial charge in [0.1, 0.15) is 5.75 Å². The summed E-state index contributed by atoms with van der Waals surface area (Å²) in [7, 11) is 0. The third-order valence-electron chi connectivity index (χ3n) is 2.74. The van der Waals surface area contributed by atoms with Crippen LogP contribution in [-0.2, 0) is 13.1 Å². The summed E-state index contributed by atoms with van der Waals surface area (Å²) in [5, 5.41) is 8.17. The Morgan fingerprint density at radius 1 is 1.37 bits per heavy atom. The lowest BCUT2D eigenvalue weighted by Crippen LogP contribution is -1.99. The molecule has 0 unspecified atom stereocenters. The summed E-state index contributed by atoms with van der Waals surface area (Å²) in [5.41, 5.74) is 2.12. The number of halogens is 1. The molecule has 0 bridgehead atoms. The minimum absolute atomic E-state index is 0.614. The molecule has 0 aliphatic heterocycles. The zero-order chi connectivity index (χ0) is 13.7. The van der Waals surface area contributed by atoms with Gasteiger partial charge in [-0.15, -0.1) is 0 Å². The minimum atomic E-state index is 0.614. The van der Waals surface area contributed by atoms with Crippen molar-refractivity contribution in [2.75, 3.05) is 11.9 Å². The maximum Gasteiger partial charge on any atom is 0.138 e. The van der Waals surface area contributed by atoms with Crippen LogP contribution in [0.25, 0.3) is 0 Å². The number of aryl methyl sites for hydroxylation is 1. The van der Waals surface area contributed by atoms with Crippen LogP contribution < -0.4 is 10.1 Å². The average Bonchev–Trinajstić information content (AvgIpc) is 2.87. The van der Waals surface area contributed by atoms with E-state index in [-0.39, 0.29) is 0 Å². The fourth-order valence-corrected chi connectivity index (χ4v) is 1.99. The van der Waals surface area contributed by atoms with Gasteiger partial charge in [0, 0.05) is 30.5 Å². The Balaban J connectivity index is 1.97. The number of rotatable bonds is 6. The highest BCUT2D eigenvalue weighted by atomic mass is 35.5. The molecule has 1 aromatic carbocycles. The van der Waals surface area contributed by atoms with Gasteiger partial charge in [-0.1, -0.05) is 11.6 Å². The van der Waals surface area contributed by atoms with E-state index in [2.05, 4.69) is 17.3 Å². The Bertz CT molecular complexity index is 539. The molecule has 0 aliphatic carbocycles. The van der Waals surface area contributed by atoms with E-state index in [0.717, 1.165) is 24.3 Å². The number of hydrogen-bond acceptors (Lipinski definition) is 3. The lowest BCUT2D eigenvalue weighted by Gasteiger charge is -2.09. The zero-order valence-electron chi connectivity index (χ0n) is 11.2. The van der Waals surface area contributed by atoms with Crippen molar-refractivity contribution in [3.05, 3.63) is 41.2 Å². The molecule has 19 heavy (non-hydrogen) atoms. The zero-order valence-corrected chi connectivity index (χ0v) is 11.9. The maximum absolute atomic E-state index is 6.14. The highest BCUT2D eigenvalue weighted by Gasteiger charge is 2.03. The predicted molar refractivity (Wildman–Crippen MR) is 77.8 cm³/mol. The first-order valence-corrected chi connectivity index (χ1v) is 6.78. The van der Waals surface area contributed by atoms with Crippen molar-refractivity contribution in [3.63, 3.8) is 0 Å². The van der Waals surface area contributed by atoms with Crippen molar-refractivity contribution < 1.29 is 4.74 Å². The normalized spacial score (nSPS) is 10.5. The monoisotopic (exact) mass is 279 g/mol. The van der Waals surface area contributed by atoms with Crippen LogP contribution >= 0.6 is 11.6 Å². The third kappa shape index (κ3) is 3.64. The lowest BCUT2D eigenvalue weighted by molar-refractivity contribution is 0.340. The van der Waals surface area contributed by atoms with Gasteiger partial charge >= 0.3 is 0 Å². The molecule has 2 aromatic rings. The van der Waals surface area contributed by atoms with E-state index in [0.29, 0.717) is 17.4 Å². The summed E-state index contributed by atoms with van der Waals surface area (Å²) >= 11 is 6.14. The van der Waals surface area contributed by atoms with Gasteiger partial charge in [-0.05, 0) is 32.0 Å². The van der Waals surface area contributed by atoms with Crippen molar-refractivity contribution in [1.29, 1.82) is 0 Å². The number of benzene rings is 1. The topological polar surface area (TPSA) is 39.1 Å². The van der Waals surface area contributed by atoms with Crippen LogP contribution in [0.5, 0.6) is 5.75 Å². The van der Waals surface area contributed by atoms with Gasteiger partial charge in [0.25, 0.3) is 0 Å². The molecule has 4 nitrogen and oxygen atoms in total. The van der Waals surface area contributed by atoms with Crippen LogP contribution in [0.3, 0.4) is 0 Å². The molecule has 0 spiro atoms. The number of anilines is 1. The van der Waals surface area contributed by atoms with Gasteiger partial charge in [-0.2, -0.15) is 5.10 Å². The molecule has 5 heteroatoms. The third-order valence-corrected chi connectivity index (χ3v) is 3.03. The van der Waals surface area contributed by atoms with E-state index in [1.165, 1.54) is 0 Å². The second-order valence-corrected chi connectivity index (χ2v) is 4.54. The van der Waals surface area contributed by atoms with Crippen molar-refractivity contribution >= 4 is 17.3 Å². The van der Waals surface area contributed by atoms with Gasteiger partial charge in [0.2, 0.25) is 0 Å². The number of nitrogens with zero attached hydrogens (tertiary/aromatic N) is 2. The molecular weight excluding hydrogens is 262 g/mol. The van der Waals surface area contributed by atoms with Gasteiger partial charge < -0.3 is 10.1 Å². The fourth-order valence-electron chi connectivity index (χ4n) is 1.76. The molecule has 1 N–H and O–H groups in total. The van der Waals surface area contributed by atoms with Crippen LogP contribution in [0.1, 0.15) is 19.4 Å². The lowest BCUT2D eigenvalue weighted by atomic mass is 10.3. The summed E-state index contributed by atoms with van der Waals surface area (Å²) in [4.78, 5) is 0. The molecule has 0 atom stereocenters. The molecule has 0 saturated heterocycles. The Labute approximate surface area is 118 Å². The molecule has 1 heterocycles. The summed E-state index contributed by atoms with van der Waals surface area (Å²) < 4.78 is 7.30. The van der Waals surface area contributed by atoms with Crippen LogP contribution in [0.15, 0.2) is 30.6 Å². The maximum atomic E-state index is 6.14. The summed E-state index contributed by atoms with van der Waals surface area (Å²) in [6.45, 7) is 6.23. The Hall–Kier alpha value is -1.68. The molecule has 0 radical (unpaired) electrons. The second kappa shape index (κ2) is 6.48. The van der Waals surface area contributed by atoms with Gasteiger partial charge in [0.05, 0.1) is 17.8 Å². The summed E-state index contributed by atoms with van der Waals surface area (Å²) in [6.07, 6.45) is 3.90. The van der Waals surface area contributed by atoms with Crippen molar-refractivity contribution in [2.24, 2.45) is 0 Å². The Morgan fingerprint density at radius 2 is 2.21 bits per heavy atom. The quantitative estimate of drug-likeness (QED) is 0.879. The Kier molecular flexibility index (Phi) is 4.68. The average molecular weight is 280 g/mol. The largest absolute Gasteiger partial charge is 0.492 e. The molecule has 0 fully saturated rings. The van der Waals surface area contributed by atoms with E-state index in [1.807, 2.05) is 42.2 Å². The van der Waals surface area contributed by atoms with Crippen LogP contribution in [0.2, 0.25) is 5.02 Å². The summed E-state index contributed by atoms with van der Waals surface area (Å²) in [6, 6.07) is 5.71. The van der Waals surface area contributed by atoms with Crippen LogP contribution in [0, 0.1) is 0 Å². The molecule has 2 rings (SSSR count). The predicted octanol–water partition coefficient (Wildman–Crippen LogP) is 3.57. The molecule has 0 aliphatic rings. The number of ether oxygens (including phenoxy) is 1. The Morgan fingerprint density at radius 3 is 2.84 bits per heavy atom. The SMILES string of the molecule is CCOc1ccc(NCc2cnn(CC)c2)cc1Cl. The van der Waals surface area contributed by atoms with Crippen molar-refractivity contribution in [1.82, 2.24) is 9.78 Å². The molecular formula is C14H18ClN3O. The van der Waals surface area contributed by atoms with E-state index in [9.17, 15) is 0 Å². The van der Waals surface area contributed by atoms with Crippen LogP contribution in [0.4, 0.5) is 5.69 Å². The van der Waals surface area contributed by atoms with Crippen molar-refractivity contribution in [3.8, 4) is 5.75 Å². The van der Waals surface area contributed by atoms with E-state index < -0.39 is 0 Å². The number of hydrogen-bond donors (Lipinski definition) is 1. The van der Waals surface area contributed by atoms with E-state index >= 15 is 0 Å². The van der Waals surface area contributed by atoms with Gasteiger partial charge in [0.15, 0.2) is 0 Å². The molecule has 102 valence electrons. The highest BCUT2D eigenvalue weighted by Crippen LogP contribution is 2.27. The standard InChI is InChI=1S/C14H18ClN3O/c1-3-18-10-11(9-17-18)8-16-12-5-6-14(19-4-2)13(15)7-12/h5-7,9-10,16H,3-4,8H2,1-2H3. The molecule has 1 aromatic heterocycles. The van der Waals surface area contributed by atoms with Crippen molar-refractivity contribution in [2.45, 2.75) is 26.9 Å². The molecule has 0 saturated carbocycles. The molecule has 0 amide bonds. The number of aromatic nitrogens is 2. The highest BCUT2D eigenvalue weighted by molar-refractivity contribution is 6.32. The fraction of sp³-hybridized carbons (Fsp3) is 0.357. The van der Waals surface area contributed by atoms with Gasteiger partial charge in [-0.3, -0.25) is 4.68 Å². The number of nitrogens with one attached hydrogen (secondary N) is 1. The first-order chi connectivity index (χ1) is 9.22. The first-order valence-electron chi connectivity index (χ1n) is 6.40.